The summed E-state index contributed by atoms with van der Waals surface area (Å²) in [5, 5.41) is 0. The summed E-state index contributed by atoms with van der Waals surface area (Å²) in [4.78, 5) is 0. The fourth-order valence-electron chi connectivity index (χ4n) is 1.18. The van der Waals surface area contributed by atoms with E-state index in [4.69, 9.17) is 4.74 Å². The van der Waals surface area contributed by atoms with E-state index in [2.05, 4.69) is 19.1 Å². The second-order valence-corrected chi connectivity index (χ2v) is 3.22. The van der Waals surface area contributed by atoms with Gasteiger partial charge in [0, 0.05) is 24.3 Å². The van der Waals surface area contributed by atoms with Crippen molar-refractivity contribution >= 4 is 0 Å². The second kappa shape index (κ2) is 6.17. The maximum absolute atomic E-state index is 5.07. The molecule has 0 saturated heterocycles. The molecule has 0 spiro atoms. The molecule has 1 nitrogen and oxygen atoms in total. The first-order valence-corrected chi connectivity index (χ1v) is 5.09. The minimum atomic E-state index is 0.893. The van der Waals surface area contributed by atoms with Crippen LogP contribution in [0.5, 0.6) is 5.75 Å². The maximum Gasteiger partial charge on any atom is 0.188 e. The molecular weight excluding hydrogens is 172 g/mol. The second-order valence-electron chi connectivity index (χ2n) is 3.22. The van der Waals surface area contributed by atoms with Gasteiger partial charge in [0.2, 0.25) is 0 Å². The highest BCUT2D eigenvalue weighted by Crippen LogP contribution is 2.11. The van der Waals surface area contributed by atoms with Crippen LogP contribution < -0.4 is 4.74 Å². The van der Waals surface area contributed by atoms with Crippen molar-refractivity contribution in [2.75, 3.05) is 7.11 Å². The molecule has 74 valence electrons. The first kappa shape index (κ1) is 10.7. The fraction of sp³-hybridized carbons (Fsp3) is 0.385. The van der Waals surface area contributed by atoms with Crippen LogP contribution in [-0.2, 0) is 0 Å². The highest BCUT2D eigenvalue weighted by atomic mass is 16.5. The smallest absolute Gasteiger partial charge is 0.188 e. The number of rotatable bonds is 5. The van der Waals surface area contributed by atoms with E-state index < -0.39 is 0 Å². The molecule has 0 aromatic heterocycles. The third-order valence-corrected chi connectivity index (χ3v) is 2.06. The molecule has 0 fully saturated rings. The van der Waals surface area contributed by atoms with Crippen molar-refractivity contribution < 1.29 is 4.74 Å². The van der Waals surface area contributed by atoms with Crippen molar-refractivity contribution in [3.05, 3.63) is 42.0 Å². The molecule has 0 bridgehead atoms. The van der Waals surface area contributed by atoms with Crippen LogP contribution >= 0.6 is 0 Å². The molecule has 1 aromatic rings. The third kappa shape index (κ3) is 3.59. The average Bonchev–Trinajstić information content (AvgIpc) is 2.25. The monoisotopic (exact) mass is 189 g/mol. The Hall–Kier alpha value is -1.33. The lowest BCUT2D eigenvalue weighted by Crippen LogP contribution is -1.81. The van der Waals surface area contributed by atoms with E-state index in [1.165, 1.54) is 12.8 Å². The lowest BCUT2D eigenvalue weighted by atomic mass is 10.1. The van der Waals surface area contributed by atoms with E-state index >= 15 is 0 Å². The Kier molecular flexibility index (Phi) is 4.74. The topological polar surface area (TPSA) is 9.23 Å². The molecule has 0 amide bonds. The third-order valence-electron chi connectivity index (χ3n) is 2.06. The molecule has 0 atom stereocenters. The van der Waals surface area contributed by atoms with Crippen LogP contribution in [0.3, 0.4) is 0 Å². The summed E-state index contributed by atoms with van der Waals surface area (Å²) < 4.78 is 5.07. The summed E-state index contributed by atoms with van der Waals surface area (Å²) >= 11 is 0. The number of hydrogen-bond acceptors (Lipinski definition) is 1. The lowest BCUT2D eigenvalue weighted by molar-refractivity contribution is 0.415. The van der Waals surface area contributed by atoms with Gasteiger partial charge in [-0.05, 0) is 12.8 Å². The minimum Gasteiger partial charge on any atom is -0.494 e. The normalized spacial score (nSPS) is 10.1. The van der Waals surface area contributed by atoms with Crippen molar-refractivity contribution in [2.24, 2.45) is 0 Å². The van der Waals surface area contributed by atoms with Crippen molar-refractivity contribution in [1.29, 1.82) is 0 Å². The number of hydrogen-bond donors (Lipinski definition) is 0. The predicted octanol–water partition coefficient (Wildman–Crippen LogP) is 3.59. The van der Waals surface area contributed by atoms with Gasteiger partial charge in [0.15, 0.2) is 5.56 Å². The number of benzene rings is 1. The zero-order valence-corrected chi connectivity index (χ0v) is 8.92. The molecule has 0 aliphatic carbocycles. The Bertz CT molecular complexity index is 272. The highest BCUT2D eigenvalue weighted by molar-refractivity contribution is 5.30. The summed E-state index contributed by atoms with van der Waals surface area (Å²) in [6.07, 6.45) is 8.94. The summed E-state index contributed by atoms with van der Waals surface area (Å²) in [7, 11) is 1.68. The van der Waals surface area contributed by atoms with E-state index in [-0.39, 0.29) is 0 Å². The molecule has 0 aliphatic heterocycles. The van der Waals surface area contributed by atoms with Gasteiger partial charge in [-0.15, -0.1) is 0 Å². The van der Waals surface area contributed by atoms with Crippen LogP contribution in [0.25, 0.3) is 0 Å². The number of ether oxygens (including phenoxy) is 1. The predicted molar refractivity (Wildman–Crippen MR) is 59.4 cm³/mol. The van der Waals surface area contributed by atoms with E-state index in [0.29, 0.717) is 0 Å². The summed E-state index contributed by atoms with van der Waals surface area (Å²) in [6.45, 7) is 2.20. The molecule has 0 heterocycles. The largest absolute Gasteiger partial charge is 0.494 e. The number of unbranched alkanes of at least 4 members (excludes halogenated alkanes) is 2. The Morgan fingerprint density at radius 3 is 2.57 bits per heavy atom. The number of allylic oxidation sites excluding steroid dienone is 1. The van der Waals surface area contributed by atoms with Crippen LogP contribution in [-0.4, -0.2) is 7.11 Å². The summed E-state index contributed by atoms with van der Waals surface area (Å²) in [5.74, 6) is 0.893. The van der Waals surface area contributed by atoms with Gasteiger partial charge < -0.3 is 4.74 Å². The Labute approximate surface area is 86.4 Å². The molecule has 0 N–H and O–H groups in total. The molecule has 14 heavy (non-hydrogen) atoms. The molecule has 0 saturated carbocycles. The van der Waals surface area contributed by atoms with Crippen LogP contribution in [0, 0.1) is 6.08 Å². The van der Waals surface area contributed by atoms with E-state index in [1.54, 1.807) is 7.11 Å². The van der Waals surface area contributed by atoms with Crippen LogP contribution in [0.4, 0.5) is 0 Å². The lowest BCUT2D eigenvalue weighted by Gasteiger charge is -1.93. The van der Waals surface area contributed by atoms with Gasteiger partial charge >= 0.3 is 0 Å². The quantitative estimate of drug-likeness (QED) is 0.508. The molecule has 0 aliphatic rings. The Balaban J connectivity index is 2.47. The van der Waals surface area contributed by atoms with E-state index in [1.807, 2.05) is 24.3 Å². The van der Waals surface area contributed by atoms with Gasteiger partial charge in [-0.3, -0.25) is 0 Å². The van der Waals surface area contributed by atoms with Crippen molar-refractivity contribution in [1.82, 2.24) is 0 Å². The van der Waals surface area contributed by atoms with Gasteiger partial charge in [-0.25, -0.2) is 0 Å². The van der Waals surface area contributed by atoms with Crippen molar-refractivity contribution in [3.8, 4) is 5.75 Å². The SMILES string of the molecule is CCCCC=[C+]c1ccc(OC)cc1. The fourth-order valence-corrected chi connectivity index (χ4v) is 1.18. The zero-order valence-electron chi connectivity index (χ0n) is 8.92. The zero-order chi connectivity index (χ0) is 10.2. The van der Waals surface area contributed by atoms with Crippen LogP contribution in [0.1, 0.15) is 31.7 Å². The molecular formula is C13H17O+. The minimum absolute atomic E-state index is 0.893. The van der Waals surface area contributed by atoms with Gasteiger partial charge in [0.1, 0.15) is 5.75 Å². The van der Waals surface area contributed by atoms with E-state index in [9.17, 15) is 0 Å². The van der Waals surface area contributed by atoms with Crippen molar-refractivity contribution in [2.45, 2.75) is 26.2 Å². The van der Waals surface area contributed by atoms with Gasteiger partial charge in [-0.1, -0.05) is 13.3 Å². The summed E-state index contributed by atoms with van der Waals surface area (Å²) in [5.41, 5.74) is 1.11. The van der Waals surface area contributed by atoms with E-state index in [0.717, 1.165) is 17.7 Å². The van der Waals surface area contributed by atoms with Gasteiger partial charge in [0.25, 0.3) is 0 Å². The number of methoxy groups -OCH3 is 1. The Morgan fingerprint density at radius 2 is 2.00 bits per heavy atom. The molecule has 0 unspecified atom stereocenters. The molecule has 1 aromatic carbocycles. The van der Waals surface area contributed by atoms with Crippen molar-refractivity contribution in [3.63, 3.8) is 0 Å². The molecule has 1 rings (SSSR count). The van der Waals surface area contributed by atoms with Crippen LogP contribution in [0.2, 0.25) is 0 Å². The highest BCUT2D eigenvalue weighted by Gasteiger charge is 1.98. The average molecular weight is 189 g/mol. The maximum atomic E-state index is 5.07. The first-order valence-electron chi connectivity index (χ1n) is 5.09. The molecule has 1 heteroatoms. The molecule has 0 radical (unpaired) electrons. The first-order chi connectivity index (χ1) is 6.86. The van der Waals surface area contributed by atoms with Crippen LogP contribution in [0.15, 0.2) is 30.3 Å². The summed E-state index contributed by atoms with van der Waals surface area (Å²) in [6, 6.07) is 7.94. The van der Waals surface area contributed by atoms with Gasteiger partial charge in [0.05, 0.1) is 19.2 Å². The van der Waals surface area contributed by atoms with Gasteiger partial charge in [-0.2, -0.15) is 0 Å². The standard InChI is InChI=1S/C13H17O/c1-3-4-5-6-7-12-8-10-13(14-2)11-9-12/h6,8-11H,3-5H2,1-2H3/q+1. The Morgan fingerprint density at radius 1 is 1.29 bits per heavy atom.